The highest BCUT2D eigenvalue weighted by atomic mass is 32.2. The van der Waals surface area contributed by atoms with Crippen LogP contribution in [0.3, 0.4) is 0 Å². The largest absolute Gasteiger partial charge is 0.497 e. The molecule has 0 saturated carbocycles. The monoisotopic (exact) mass is 402 g/mol. The average Bonchev–Trinajstić information content (AvgIpc) is 3.22. The van der Waals surface area contributed by atoms with E-state index in [0.29, 0.717) is 33.9 Å². The second kappa shape index (κ2) is 9.36. The molecule has 0 bridgehead atoms. The lowest BCUT2D eigenvalue weighted by molar-refractivity contribution is 0.324. The van der Waals surface area contributed by atoms with E-state index in [1.807, 2.05) is 12.1 Å². The molecule has 7 nitrogen and oxygen atoms in total. The summed E-state index contributed by atoms with van der Waals surface area (Å²) in [7, 11) is 6.35. The van der Waals surface area contributed by atoms with Crippen LogP contribution in [0.4, 0.5) is 0 Å². The normalized spacial score (nSPS) is 10.6. The van der Waals surface area contributed by atoms with Crippen molar-refractivity contribution in [3.8, 4) is 34.5 Å². The van der Waals surface area contributed by atoms with E-state index < -0.39 is 0 Å². The van der Waals surface area contributed by atoms with Gasteiger partial charge >= 0.3 is 0 Å². The molecule has 0 atom stereocenters. The van der Waals surface area contributed by atoms with E-state index in [2.05, 4.69) is 22.3 Å². The van der Waals surface area contributed by atoms with E-state index in [0.717, 1.165) is 17.9 Å². The average molecular weight is 402 g/mol. The molecule has 0 N–H and O–H groups in total. The van der Waals surface area contributed by atoms with Crippen LogP contribution in [-0.4, -0.2) is 44.4 Å². The molecule has 0 unspecified atom stereocenters. The summed E-state index contributed by atoms with van der Waals surface area (Å²) < 4.78 is 27.0. The third-order valence-electron chi connectivity index (χ3n) is 4.09. The van der Waals surface area contributed by atoms with Crippen LogP contribution >= 0.6 is 11.8 Å². The van der Waals surface area contributed by atoms with Crippen LogP contribution in [0, 0.1) is 0 Å². The third-order valence-corrected chi connectivity index (χ3v) is 4.91. The molecule has 0 aliphatic rings. The Morgan fingerprint density at radius 1 is 0.857 bits per heavy atom. The second-order valence-corrected chi connectivity index (χ2v) is 6.78. The lowest BCUT2D eigenvalue weighted by Gasteiger charge is -2.12. The van der Waals surface area contributed by atoms with Crippen LogP contribution in [0.2, 0.25) is 0 Å². The fourth-order valence-corrected chi connectivity index (χ4v) is 3.39. The fourth-order valence-electron chi connectivity index (χ4n) is 2.64. The number of nitrogens with zero attached hydrogens (tertiary/aromatic N) is 2. The summed E-state index contributed by atoms with van der Waals surface area (Å²) in [6.07, 6.45) is 0.885. The Morgan fingerprint density at radius 3 is 2.11 bits per heavy atom. The van der Waals surface area contributed by atoms with E-state index in [4.69, 9.17) is 23.4 Å². The summed E-state index contributed by atoms with van der Waals surface area (Å²) in [4.78, 5) is 0. The van der Waals surface area contributed by atoms with Crippen molar-refractivity contribution in [3.05, 3.63) is 42.0 Å². The van der Waals surface area contributed by atoms with Crippen molar-refractivity contribution in [2.45, 2.75) is 11.6 Å². The van der Waals surface area contributed by atoms with Crippen molar-refractivity contribution in [1.29, 1.82) is 0 Å². The zero-order valence-corrected chi connectivity index (χ0v) is 17.0. The summed E-state index contributed by atoms with van der Waals surface area (Å²) >= 11 is 1.51. The van der Waals surface area contributed by atoms with Crippen molar-refractivity contribution in [3.63, 3.8) is 0 Å². The molecule has 0 spiro atoms. The number of benzene rings is 2. The van der Waals surface area contributed by atoms with Crippen LogP contribution < -0.4 is 18.9 Å². The van der Waals surface area contributed by atoms with Gasteiger partial charge in [0.25, 0.3) is 5.22 Å². The predicted molar refractivity (Wildman–Crippen MR) is 107 cm³/mol. The highest BCUT2D eigenvalue weighted by Crippen LogP contribution is 2.41. The lowest BCUT2D eigenvalue weighted by atomic mass is 10.2. The minimum absolute atomic E-state index is 0.395. The molecule has 1 heterocycles. The first-order valence-electron chi connectivity index (χ1n) is 8.58. The molecule has 0 radical (unpaired) electrons. The maximum absolute atomic E-state index is 5.79. The summed E-state index contributed by atoms with van der Waals surface area (Å²) in [5.41, 5.74) is 1.92. The number of aromatic nitrogens is 2. The molecule has 28 heavy (non-hydrogen) atoms. The summed E-state index contributed by atoms with van der Waals surface area (Å²) in [6, 6.07) is 11.6. The van der Waals surface area contributed by atoms with Crippen molar-refractivity contribution in [1.82, 2.24) is 10.2 Å². The Labute approximate surface area is 168 Å². The summed E-state index contributed by atoms with van der Waals surface area (Å²) in [5, 5.41) is 8.76. The molecule has 8 heteroatoms. The van der Waals surface area contributed by atoms with E-state index in [-0.39, 0.29) is 0 Å². The van der Waals surface area contributed by atoms with Gasteiger partial charge < -0.3 is 23.4 Å². The summed E-state index contributed by atoms with van der Waals surface area (Å²) in [5.74, 6) is 3.65. The minimum Gasteiger partial charge on any atom is -0.497 e. The van der Waals surface area contributed by atoms with Crippen LogP contribution in [0.15, 0.2) is 46.0 Å². The van der Waals surface area contributed by atoms with Gasteiger partial charge in [0, 0.05) is 11.3 Å². The van der Waals surface area contributed by atoms with Gasteiger partial charge in [0.2, 0.25) is 11.6 Å². The van der Waals surface area contributed by atoms with Crippen LogP contribution in [0.5, 0.6) is 23.0 Å². The molecular formula is C20H22N2O5S. The molecule has 1 aromatic heterocycles. The predicted octanol–water partition coefficient (Wildman–Crippen LogP) is 4.11. The molecular weight excluding hydrogens is 380 g/mol. The Hall–Kier alpha value is -2.87. The van der Waals surface area contributed by atoms with Crippen molar-refractivity contribution >= 4 is 11.8 Å². The maximum Gasteiger partial charge on any atom is 0.276 e. The Balaban J connectivity index is 1.68. The zero-order chi connectivity index (χ0) is 19.9. The third kappa shape index (κ3) is 4.51. The van der Waals surface area contributed by atoms with Gasteiger partial charge in [0.05, 0.1) is 28.4 Å². The molecule has 148 valence electrons. The molecule has 3 rings (SSSR count). The fraction of sp³-hybridized carbons (Fsp3) is 0.300. The lowest BCUT2D eigenvalue weighted by Crippen LogP contribution is -1.95. The number of hydrogen-bond donors (Lipinski definition) is 0. The zero-order valence-electron chi connectivity index (χ0n) is 16.2. The number of methoxy groups -OCH3 is 4. The van der Waals surface area contributed by atoms with E-state index >= 15 is 0 Å². The van der Waals surface area contributed by atoms with Crippen molar-refractivity contribution < 1.29 is 23.4 Å². The topological polar surface area (TPSA) is 75.8 Å². The maximum atomic E-state index is 5.79. The van der Waals surface area contributed by atoms with Gasteiger partial charge in [-0.25, -0.2) is 0 Å². The van der Waals surface area contributed by atoms with Crippen LogP contribution in [0.1, 0.15) is 5.56 Å². The van der Waals surface area contributed by atoms with Gasteiger partial charge in [-0.15, -0.1) is 10.2 Å². The quantitative estimate of drug-likeness (QED) is 0.495. The summed E-state index contributed by atoms with van der Waals surface area (Å²) in [6.45, 7) is 0. The van der Waals surface area contributed by atoms with Gasteiger partial charge in [-0.3, -0.25) is 0 Å². The van der Waals surface area contributed by atoms with Crippen LogP contribution in [-0.2, 0) is 6.42 Å². The Bertz CT molecular complexity index is 886. The Morgan fingerprint density at radius 2 is 1.54 bits per heavy atom. The molecule has 0 amide bonds. The number of thioether (sulfide) groups is 1. The van der Waals surface area contributed by atoms with Gasteiger partial charge in [-0.1, -0.05) is 23.9 Å². The highest BCUT2D eigenvalue weighted by Gasteiger charge is 2.17. The molecule has 3 aromatic rings. The molecule has 0 aliphatic carbocycles. The highest BCUT2D eigenvalue weighted by molar-refractivity contribution is 7.99. The molecule has 2 aromatic carbocycles. The first-order valence-corrected chi connectivity index (χ1v) is 9.56. The molecule has 0 aliphatic heterocycles. The number of aryl methyl sites for hydroxylation is 1. The second-order valence-electron chi connectivity index (χ2n) is 5.73. The molecule has 0 fully saturated rings. The minimum atomic E-state index is 0.395. The van der Waals surface area contributed by atoms with Crippen LogP contribution in [0.25, 0.3) is 11.5 Å². The number of ether oxygens (including phenoxy) is 4. The van der Waals surface area contributed by atoms with Crippen molar-refractivity contribution in [2.75, 3.05) is 34.2 Å². The first kappa shape index (κ1) is 19.9. The van der Waals surface area contributed by atoms with Crippen molar-refractivity contribution in [2.24, 2.45) is 0 Å². The smallest absolute Gasteiger partial charge is 0.276 e. The van der Waals surface area contributed by atoms with E-state index in [1.54, 1.807) is 40.6 Å². The van der Waals surface area contributed by atoms with Gasteiger partial charge in [-0.05, 0) is 36.2 Å². The Kier molecular flexibility index (Phi) is 6.65. The van der Waals surface area contributed by atoms with E-state index in [1.165, 1.54) is 17.3 Å². The standard InChI is InChI=1S/C20H22N2O5S/c1-23-15-7-5-13(6-8-15)9-10-28-20-22-21-19(27-20)14-11-16(24-2)18(26-4)17(12-14)25-3/h5-8,11-12H,9-10H2,1-4H3. The number of hydrogen-bond acceptors (Lipinski definition) is 8. The van der Waals surface area contributed by atoms with Gasteiger partial charge in [0.1, 0.15) is 5.75 Å². The number of rotatable bonds is 9. The van der Waals surface area contributed by atoms with Gasteiger partial charge in [-0.2, -0.15) is 0 Å². The first-order chi connectivity index (χ1) is 13.7. The van der Waals surface area contributed by atoms with E-state index in [9.17, 15) is 0 Å². The SMILES string of the molecule is COc1ccc(CCSc2nnc(-c3cc(OC)c(OC)c(OC)c3)o2)cc1. The van der Waals surface area contributed by atoms with Gasteiger partial charge in [0.15, 0.2) is 11.5 Å². The molecule has 0 saturated heterocycles.